The topological polar surface area (TPSA) is 48.4 Å². The number of nitrogens with zero attached hydrogens (tertiary/aromatic N) is 1. The van der Waals surface area contributed by atoms with E-state index in [0.717, 1.165) is 16.9 Å². The van der Waals surface area contributed by atoms with E-state index in [9.17, 15) is 4.79 Å². The summed E-state index contributed by atoms with van der Waals surface area (Å²) in [6.07, 6.45) is 1.52. The molecule has 3 rings (SSSR count). The van der Waals surface area contributed by atoms with Crippen molar-refractivity contribution in [1.29, 1.82) is 0 Å². The molecule has 0 N–H and O–H groups in total. The average molecular weight is 333 g/mol. The Labute approximate surface area is 147 Å². The molecular weight excluding hydrogens is 314 g/mol. The fourth-order valence-electron chi connectivity index (χ4n) is 2.33. The molecule has 25 heavy (non-hydrogen) atoms. The molecule has 126 valence electrons. The van der Waals surface area contributed by atoms with Gasteiger partial charge in [0.25, 0.3) is 0 Å². The van der Waals surface area contributed by atoms with Gasteiger partial charge in [0.05, 0.1) is 0 Å². The minimum Gasteiger partial charge on any atom is -0.489 e. The van der Waals surface area contributed by atoms with Gasteiger partial charge in [0.2, 0.25) is 5.88 Å². The molecule has 0 unspecified atom stereocenters. The molecule has 0 spiro atoms. The van der Waals surface area contributed by atoms with Crippen LogP contribution in [0.1, 0.15) is 28.4 Å². The van der Waals surface area contributed by atoms with Crippen LogP contribution in [0.5, 0.6) is 17.4 Å². The van der Waals surface area contributed by atoms with Crippen molar-refractivity contribution in [3.8, 4) is 17.4 Å². The lowest BCUT2D eigenvalue weighted by atomic mass is 10.2. The predicted octanol–water partition coefficient (Wildman–Crippen LogP) is 4.96. The third-order valence-corrected chi connectivity index (χ3v) is 3.75. The second kappa shape index (κ2) is 7.62. The van der Waals surface area contributed by atoms with E-state index in [1.165, 1.54) is 13.1 Å². The first-order valence-corrected chi connectivity index (χ1v) is 8.04. The molecule has 0 saturated carbocycles. The summed E-state index contributed by atoms with van der Waals surface area (Å²) in [6.45, 7) is 3.99. The van der Waals surface area contributed by atoms with Gasteiger partial charge in [-0.3, -0.25) is 4.79 Å². The Hall–Kier alpha value is -3.14. The maximum atomic E-state index is 11.3. The molecule has 4 heteroatoms. The zero-order valence-corrected chi connectivity index (χ0v) is 14.2. The Kier molecular flexibility index (Phi) is 5.09. The van der Waals surface area contributed by atoms with Gasteiger partial charge in [0.1, 0.15) is 18.1 Å². The van der Waals surface area contributed by atoms with Gasteiger partial charge in [-0.25, -0.2) is 4.98 Å². The number of rotatable bonds is 6. The molecule has 0 saturated heterocycles. The van der Waals surface area contributed by atoms with E-state index >= 15 is 0 Å². The van der Waals surface area contributed by atoms with E-state index in [2.05, 4.69) is 4.98 Å². The van der Waals surface area contributed by atoms with Crippen LogP contribution in [0.3, 0.4) is 0 Å². The monoisotopic (exact) mass is 333 g/mol. The highest BCUT2D eigenvalue weighted by Gasteiger charge is 2.06. The predicted molar refractivity (Wildman–Crippen MR) is 96.3 cm³/mol. The second-order valence-electron chi connectivity index (χ2n) is 5.74. The fraction of sp³-hybridized carbons (Fsp3) is 0.143. The number of ether oxygens (including phenoxy) is 2. The maximum absolute atomic E-state index is 11.3. The second-order valence-corrected chi connectivity index (χ2v) is 5.74. The van der Waals surface area contributed by atoms with Gasteiger partial charge in [0.15, 0.2) is 5.78 Å². The van der Waals surface area contributed by atoms with Crippen molar-refractivity contribution in [3.63, 3.8) is 0 Å². The third kappa shape index (κ3) is 4.44. The molecule has 3 aromatic rings. The highest BCUT2D eigenvalue weighted by atomic mass is 16.5. The van der Waals surface area contributed by atoms with Gasteiger partial charge < -0.3 is 9.47 Å². The summed E-state index contributed by atoms with van der Waals surface area (Å²) in [6, 6.07) is 19.1. The molecular formula is C21H19NO3. The first-order chi connectivity index (χ1) is 12.1. The van der Waals surface area contributed by atoms with Crippen LogP contribution in [0, 0.1) is 6.92 Å². The number of carbonyl (C=O) groups is 1. The summed E-state index contributed by atoms with van der Waals surface area (Å²) < 4.78 is 11.6. The molecule has 0 radical (unpaired) electrons. The van der Waals surface area contributed by atoms with Gasteiger partial charge in [-0.2, -0.15) is 0 Å². The van der Waals surface area contributed by atoms with Gasteiger partial charge in [-0.15, -0.1) is 0 Å². The van der Waals surface area contributed by atoms with Crippen molar-refractivity contribution in [2.24, 2.45) is 0 Å². The van der Waals surface area contributed by atoms with Gasteiger partial charge in [0, 0.05) is 17.8 Å². The van der Waals surface area contributed by atoms with Gasteiger partial charge in [-0.1, -0.05) is 30.3 Å². The lowest BCUT2D eigenvalue weighted by molar-refractivity contribution is 0.101. The molecule has 4 nitrogen and oxygen atoms in total. The summed E-state index contributed by atoms with van der Waals surface area (Å²) in [4.78, 5) is 15.4. The number of carbonyl (C=O) groups excluding carboxylic acids is 1. The van der Waals surface area contributed by atoms with Crippen LogP contribution >= 0.6 is 0 Å². The average Bonchev–Trinajstić information content (AvgIpc) is 2.63. The lowest BCUT2D eigenvalue weighted by Crippen LogP contribution is -1.97. The zero-order chi connectivity index (χ0) is 17.6. The molecule has 0 fully saturated rings. The van der Waals surface area contributed by atoms with Crippen LogP contribution in [0.25, 0.3) is 0 Å². The zero-order valence-electron chi connectivity index (χ0n) is 14.2. The van der Waals surface area contributed by atoms with Crippen LogP contribution in [0.4, 0.5) is 0 Å². The normalized spacial score (nSPS) is 10.3. The highest BCUT2D eigenvalue weighted by Crippen LogP contribution is 2.27. The number of pyridine rings is 1. The Balaban J connectivity index is 1.66. The number of Topliss-reactive ketones (excluding diaryl/α,β-unsaturated/α-hetero) is 1. The number of aromatic nitrogens is 1. The minimum atomic E-state index is -0.0184. The summed E-state index contributed by atoms with van der Waals surface area (Å²) in [5.74, 6) is 1.92. The molecule has 0 amide bonds. The lowest BCUT2D eigenvalue weighted by Gasteiger charge is -2.11. The molecule has 0 aliphatic rings. The quantitative estimate of drug-likeness (QED) is 0.598. The van der Waals surface area contributed by atoms with E-state index in [-0.39, 0.29) is 5.78 Å². The Morgan fingerprint density at radius 3 is 2.48 bits per heavy atom. The fourth-order valence-corrected chi connectivity index (χ4v) is 2.33. The van der Waals surface area contributed by atoms with Crippen molar-refractivity contribution in [2.45, 2.75) is 20.5 Å². The first-order valence-electron chi connectivity index (χ1n) is 8.04. The summed E-state index contributed by atoms with van der Waals surface area (Å²) in [7, 11) is 0. The SMILES string of the molecule is CC(=O)c1ccc(Oc2ccc(OCc3ccccc3)cc2C)nc1. The van der Waals surface area contributed by atoms with Crippen molar-refractivity contribution >= 4 is 5.78 Å². The summed E-state index contributed by atoms with van der Waals surface area (Å²) >= 11 is 0. The van der Waals surface area contributed by atoms with E-state index in [4.69, 9.17) is 9.47 Å². The summed E-state index contributed by atoms with van der Waals surface area (Å²) in [5.41, 5.74) is 2.63. The van der Waals surface area contributed by atoms with Crippen molar-refractivity contribution in [3.05, 3.63) is 83.6 Å². The largest absolute Gasteiger partial charge is 0.489 e. The smallest absolute Gasteiger partial charge is 0.219 e. The molecule has 1 aromatic heterocycles. The first kappa shape index (κ1) is 16.7. The van der Waals surface area contributed by atoms with Crippen molar-refractivity contribution < 1.29 is 14.3 Å². The number of hydrogen-bond donors (Lipinski definition) is 0. The maximum Gasteiger partial charge on any atom is 0.219 e. The number of aryl methyl sites for hydroxylation is 1. The highest BCUT2D eigenvalue weighted by molar-refractivity contribution is 5.93. The molecule has 0 atom stereocenters. The number of hydrogen-bond acceptors (Lipinski definition) is 4. The molecule has 0 bridgehead atoms. The number of ketones is 1. The molecule has 0 aliphatic heterocycles. The minimum absolute atomic E-state index is 0.0184. The Bertz CT molecular complexity index is 858. The van der Waals surface area contributed by atoms with Crippen molar-refractivity contribution in [1.82, 2.24) is 4.98 Å². The Morgan fingerprint density at radius 1 is 1.04 bits per heavy atom. The van der Waals surface area contributed by atoms with Gasteiger partial charge in [-0.05, 0) is 49.2 Å². The standard InChI is InChI=1S/C21H19NO3/c1-15-12-19(24-14-17-6-4-3-5-7-17)9-10-20(15)25-21-11-8-18(13-22-21)16(2)23/h3-13H,14H2,1-2H3. The molecule has 2 aromatic carbocycles. The van der Waals surface area contributed by atoms with Gasteiger partial charge >= 0.3 is 0 Å². The van der Waals surface area contributed by atoms with Crippen LogP contribution < -0.4 is 9.47 Å². The van der Waals surface area contributed by atoms with Crippen LogP contribution in [-0.4, -0.2) is 10.8 Å². The van der Waals surface area contributed by atoms with Crippen molar-refractivity contribution in [2.75, 3.05) is 0 Å². The summed E-state index contributed by atoms with van der Waals surface area (Å²) in [5, 5.41) is 0. The van der Waals surface area contributed by atoms with Crippen LogP contribution in [0.2, 0.25) is 0 Å². The van der Waals surface area contributed by atoms with Crippen LogP contribution in [-0.2, 0) is 6.61 Å². The van der Waals surface area contributed by atoms with E-state index < -0.39 is 0 Å². The van der Waals surface area contributed by atoms with E-state index in [1.807, 2.05) is 55.5 Å². The third-order valence-electron chi connectivity index (χ3n) is 3.75. The van der Waals surface area contributed by atoms with E-state index in [1.54, 1.807) is 12.1 Å². The Morgan fingerprint density at radius 2 is 1.84 bits per heavy atom. The molecule has 1 heterocycles. The van der Waals surface area contributed by atoms with E-state index in [0.29, 0.717) is 23.8 Å². The number of benzene rings is 2. The molecule has 0 aliphatic carbocycles. The van der Waals surface area contributed by atoms with Crippen LogP contribution in [0.15, 0.2) is 66.9 Å².